The fourth-order valence-electron chi connectivity index (χ4n) is 0.730. The molecule has 0 saturated heterocycles. The van der Waals surface area contributed by atoms with Gasteiger partial charge in [-0.05, 0) is 6.07 Å². The van der Waals surface area contributed by atoms with E-state index < -0.39 is 0 Å². The number of nitrogens with zero attached hydrogens (tertiary/aromatic N) is 2. The highest BCUT2D eigenvalue weighted by Gasteiger charge is 1.98. The first-order valence-corrected chi connectivity index (χ1v) is 2.96. The van der Waals surface area contributed by atoms with Gasteiger partial charge in [-0.15, -0.1) is 24.0 Å². The molecule has 0 bridgehead atoms. The van der Waals surface area contributed by atoms with Gasteiger partial charge in [0.2, 0.25) is 5.69 Å². The average molecular weight is 265 g/mol. The maximum Gasteiger partial charge on any atom is 0.226 e. The van der Waals surface area contributed by atoms with Gasteiger partial charge in [-0.3, -0.25) is 0 Å². The van der Waals surface area contributed by atoms with E-state index >= 15 is 0 Å². The third-order valence-electron chi connectivity index (χ3n) is 1.29. The molecule has 0 radical (unpaired) electrons. The number of aryl methyl sites for hydroxylation is 1. The van der Waals surface area contributed by atoms with Crippen molar-refractivity contribution in [1.29, 1.82) is 0 Å². The number of hydrogen-bond donors (Lipinski definition) is 1. The van der Waals surface area contributed by atoms with Crippen molar-refractivity contribution in [2.24, 2.45) is 12.2 Å². The minimum atomic E-state index is 0. The molecule has 4 heteroatoms. The zero-order chi connectivity index (χ0) is 7.40. The summed E-state index contributed by atoms with van der Waals surface area (Å²) in [6.07, 6.45) is 3.27. The first kappa shape index (κ1) is 10.3. The fraction of sp³-hybridized carbons (Fsp3) is 0.143. The van der Waals surface area contributed by atoms with Crippen molar-refractivity contribution in [2.75, 3.05) is 0 Å². The highest BCUT2D eigenvalue weighted by Crippen LogP contribution is 1.84. The molecule has 1 rings (SSSR count). The minimum absolute atomic E-state index is 0. The summed E-state index contributed by atoms with van der Waals surface area (Å²) in [6, 6.07) is 5.66. The second-order valence-corrected chi connectivity index (χ2v) is 1.98. The van der Waals surface area contributed by atoms with Gasteiger partial charge in [0.25, 0.3) is 0 Å². The van der Waals surface area contributed by atoms with Crippen LogP contribution in [0.4, 0.5) is 0 Å². The Morgan fingerprint density at radius 2 is 2.27 bits per heavy atom. The Kier molecular flexibility index (Phi) is 4.76. The Morgan fingerprint density at radius 1 is 1.55 bits per heavy atom. The molecule has 0 amide bonds. The molecule has 0 unspecified atom stereocenters. The normalized spacial score (nSPS) is 9.55. The van der Waals surface area contributed by atoms with E-state index in [1.165, 1.54) is 6.21 Å². The van der Waals surface area contributed by atoms with Crippen molar-refractivity contribution < 1.29 is 9.77 Å². The van der Waals surface area contributed by atoms with Gasteiger partial charge in [0.05, 0.1) is 0 Å². The van der Waals surface area contributed by atoms with Crippen molar-refractivity contribution in [3.8, 4) is 0 Å². The number of rotatable bonds is 1. The van der Waals surface area contributed by atoms with E-state index in [2.05, 4.69) is 5.16 Å². The number of aromatic nitrogens is 1. The molecule has 0 aliphatic rings. The molecule has 0 aliphatic carbocycles. The number of oxime groups is 1. The van der Waals surface area contributed by atoms with Gasteiger partial charge < -0.3 is 5.21 Å². The number of hydrogen-bond acceptors (Lipinski definition) is 2. The van der Waals surface area contributed by atoms with E-state index in [0.29, 0.717) is 0 Å². The van der Waals surface area contributed by atoms with Crippen LogP contribution in [-0.2, 0) is 7.05 Å². The highest BCUT2D eigenvalue weighted by atomic mass is 127. The van der Waals surface area contributed by atoms with E-state index in [9.17, 15) is 0 Å². The fourth-order valence-corrected chi connectivity index (χ4v) is 0.730. The third kappa shape index (κ3) is 2.83. The van der Waals surface area contributed by atoms with E-state index in [1.54, 1.807) is 0 Å². The van der Waals surface area contributed by atoms with Crippen LogP contribution in [0.2, 0.25) is 0 Å². The lowest BCUT2D eigenvalue weighted by Gasteiger charge is -1.88. The smallest absolute Gasteiger partial charge is 0.226 e. The van der Waals surface area contributed by atoms with Crippen LogP contribution >= 0.6 is 24.0 Å². The first-order valence-electron chi connectivity index (χ1n) is 2.96. The maximum atomic E-state index is 8.20. The van der Waals surface area contributed by atoms with Gasteiger partial charge in [0, 0.05) is 12.1 Å². The number of pyridine rings is 1. The Bertz CT molecular complexity index is 250. The summed E-state index contributed by atoms with van der Waals surface area (Å²) in [4.78, 5) is 0. The molecule has 1 heterocycles. The monoisotopic (exact) mass is 265 g/mol. The van der Waals surface area contributed by atoms with Crippen LogP contribution in [0.25, 0.3) is 0 Å². The van der Waals surface area contributed by atoms with E-state index in [4.69, 9.17) is 5.21 Å². The Hall–Kier alpha value is -0.650. The molecule has 0 fully saturated rings. The van der Waals surface area contributed by atoms with Crippen LogP contribution in [0.1, 0.15) is 5.69 Å². The SMILES string of the molecule is C[n+]1ccccc1C=NO.I. The van der Waals surface area contributed by atoms with Gasteiger partial charge >= 0.3 is 0 Å². The van der Waals surface area contributed by atoms with Gasteiger partial charge in [-0.25, -0.2) is 4.57 Å². The Morgan fingerprint density at radius 3 is 2.82 bits per heavy atom. The largest absolute Gasteiger partial charge is 0.411 e. The van der Waals surface area contributed by atoms with Crippen LogP contribution in [0, 0.1) is 0 Å². The second kappa shape index (κ2) is 5.06. The lowest BCUT2D eigenvalue weighted by molar-refractivity contribution is -0.672. The highest BCUT2D eigenvalue weighted by molar-refractivity contribution is 14.0. The van der Waals surface area contributed by atoms with E-state index in [1.807, 2.05) is 36.0 Å². The summed E-state index contributed by atoms with van der Waals surface area (Å²) in [5, 5.41) is 11.1. The molecule has 1 aromatic heterocycles. The predicted octanol–water partition coefficient (Wildman–Crippen LogP) is 0.937. The topological polar surface area (TPSA) is 36.5 Å². The molecule has 0 spiro atoms. The molecule has 1 N–H and O–H groups in total. The van der Waals surface area contributed by atoms with Crippen LogP contribution in [0.15, 0.2) is 29.6 Å². The summed E-state index contributed by atoms with van der Waals surface area (Å²) in [5.41, 5.74) is 0.866. The van der Waals surface area contributed by atoms with Crippen molar-refractivity contribution in [1.82, 2.24) is 0 Å². The molecule has 0 atom stereocenters. The van der Waals surface area contributed by atoms with Crippen molar-refractivity contribution in [3.63, 3.8) is 0 Å². The van der Waals surface area contributed by atoms with Crippen molar-refractivity contribution in [2.45, 2.75) is 0 Å². The zero-order valence-electron chi connectivity index (χ0n) is 6.14. The first-order chi connectivity index (χ1) is 4.84. The van der Waals surface area contributed by atoms with Gasteiger partial charge in [-0.2, -0.15) is 0 Å². The molecule has 11 heavy (non-hydrogen) atoms. The van der Waals surface area contributed by atoms with Crippen LogP contribution in [0.5, 0.6) is 0 Å². The van der Waals surface area contributed by atoms with Crippen molar-refractivity contribution in [3.05, 3.63) is 30.1 Å². The van der Waals surface area contributed by atoms with E-state index in [-0.39, 0.29) is 24.0 Å². The summed E-state index contributed by atoms with van der Waals surface area (Å²) in [5.74, 6) is 0. The zero-order valence-corrected chi connectivity index (χ0v) is 8.47. The molecule has 60 valence electrons. The van der Waals surface area contributed by atoms with Crippen molar-refractivity contribution >= 4 is 30.2 Å². The van der Waals surface area contributed by atoms with E-state index in [0.717, 1.165) is 5.69 Å². The molecular formula is C7H10IN2O+. The molecule has 0 aliphatic heterocycles. The van der Waals surface area contributed by atoms with Crippen LogP contribution < -0.4 is 4.57 Å². The Labute approximate surface area is 82.4 Å². The quantitative estimate of drug-likeness (QED) is 0.265. The minimum Gasteiger partial charge on any atom is -0.411 e. The van der Waals surface area contributed by atoms with Gasteiger partial charge in [0.1, 0.15) is 13.3 Å². The van der Waals surface area contributed by atoms with Crippen LogP contribution in [-0.4, -0.2) is 11.4 Å². The summed E-state index contributed by atoms with van der Waals surface area (Å²) in [6.45, 7) is 0. The third-order valence-corrected chi connectivity index (χ3v) is 1.29. The second-order valence-electron chi connectivity index (χ2n) is 1.98. The molecule has 0 aromatic carbocycles. The van der Waals surface area contributed by atoms with Gasteiger partial charge in [0.15, 0.2) is 6.20 Å². The summed E-state index contributed by atoms with van der Waals surface area (Å²) in [7, 11) is 1.89. The predicted molar refractivity (Wildman–Crippen MR) is 52.4 cm³/mol. The average Bonchev–Trinajstić information content (AvgIpc) is 1.94. The molecule has 0 saturated carbocycles. The Balaban J connectivity index is 0.000001000. The molecule has 3 nitrogen and oxygen atoms in total. The lowest BCUT2D eigenvalue weighted by Crippen LogP contribution is -2.32. The maximum absolute atomic E-state index is 8.20. The standard InChI is InChI=1S/C7H8N2O.HI/c1-9-5-3-2-4-7(9)6-8-10;/h2-6H,1H3;1H/p+1. The van der Waals surface area contributed by atoms with Crippen LogP contribution in [0.3, 0.4) is 0 Å². The lowest BCUT2D eigenvalue weighted by atomic mass is 10.4. The number of halogens is 1. The summed E-state index contributed by atoms with van der Waals surface area (Å²) >= 11 is 0. The molecular weight excluding hydrogens is 255 g/mol. The summed E-state index contributed by atoms with van der Waals surface area (Å²) < 4.78 is 1.86. The molecule has 1 aromatic rings. The van der Waals surface area contributed by atoms with Gasteiger partial charge in [-0.1, -0.05) is 5.16 Å².